The van der Waals surface area contributed by atoms with Crippen molar-refractivity contribution in [1.29, 1.82) is 0 Å². The molecule has 4 nitrogen and oxygen atoms in total. The summed E-state index contributed by atoms with van der Waals surface area (Å²) in [5.74, 6) is 2.40. The van der Waals surface area contributed by atoms with Crippen LogP contribution in [0.1, 0.15) is 56.7 Å². The zero-order chi connectivity index (χ0) is 11.0. The van der Waals surface area contributed by atoms with Crippen LogP contribution in [0, 0.1) is 5.92 Å². The third-order valence-electron chi connectivity index (χ3n) is 4.15. The van der Waals surface area contributed by atoms with Crippen molar-refractivity contribution < 1.29 is 4.52 Å². The second kappa shape index (κ2) is 3.84. The molecule has 0 aromatic carbocycles. The van der Waals surface area contributed by atoms with Crippen LogP contribution in [0.25, 0.3) is 0 Å². The van der Waals surface area contributed by atoms with Crippen LogP contribution in [-0.4, -0.2) is 10.1 Å². The van der Waals surface area contributed by atoms with Gasteiger partial charge < -0.3 is 10.3 Å². The third-order valence-corrected chi connectivity index (χ3v) is 4.15. The molecule has 0 radical (unpaired) electrons. The Labute approximate surface area is 95.6 Å². The Morgan fingerprint density at radius 3 is 2.69 bits per heavy atom. The van der Waals surface area contributed by atoms with Gasteiger partial charge in [0, 0.05) is 6.42 Å². The molecule has 1 aromatic rings. The number of nitrogens with two attached hydrogens (primary N) is 1. The van der Waals surface area contributed by atoms with Crippen molar-refractivity contribution in [2.45, 2.75) is 56.9 Å². The summed E-state index contributed by atoms with van der Waals surface area (Å²) >= 11 is 0. The minimum Gasteiger partial charge on any atom is -0.339 e. The fraction of sp³-hybridized carbons (Fsp3) is 0.833. The quantitative estimate of drug-likeness (QED) is 0.846. The van der Waals surface area contributed by atoms with Crippen molar-refractivity contribution in [3.63, 3.8) is 0 Å². The minimum atomic E-state index is -0.280. The first-order valence-electron chi connectivity index (χ1n) is 6.38. The van der Waals surface area contributed by atoms with E-state index in [-0.39, 0.29) is 5.54 Å². The lowest BCUT2D eigenvalue weighted by atomic mass is 9.77. The maximum atomic E-state index is 6.15. The molecule has 3 rings (SSSR count). The molecule has 0 spiro atoms. The van der Waals surface area contributed by atoms with Gasteiger partial charge in [0.25, 0.3) is 0 Å². The molecule has 2 aliphatic rings. The van der Waals surface area contributed by atoms with E-state index in [0.717, 1.165) is 36.9 Å². The van der Waals surface area contributed by atoms with E-state index >= 15 is 0 Å². The Balaban J connectivity index is 1.59. The van der Waals surface area contributed by atoms with E-state index in [1.165, 1.54) is 32.1 Å². The summed E-state index contributed by atoms with van der Waals surface area (Å²) in [5, 5.41) is 4.02. The van der Waals surface area contributed by atoms with Crippen molar-refractivity contribution in [2.24, 2.45) is 11.7 Å². The van der Waals surface area contributed by atoms with Crippen LogP contribution >= 0.6 is 0 Å². The van der Waals surface area contributed by atoms with Gasteiger partial charge in [0.1, 0.15) is 0 Å². The Kier molecular flexibility index (Phi) is 2.46. The third kappa shape index (κ3) is 1.75. The van der Waals surface area contributed by atoms with E-state index in [1.807, 2.05) is 0 Å². The largest absolute Gasteiger partial charge is 0.339 e. The average molecular weight is 221 g/mol. The van der Waals surface area contributed by atoms with Gasteiger partial charge >= 0.3 is 0 Å². The predicted octanol–water partition coefficient (Wildman–Crippen LogP) is 2.14. The van der Waals surface area contributed by atoms with Gasteiger partial charge in [0.05, 0.1) is 5.54 Å². The highest BCUT2D eigenvalue weighted by molar-refractivity contribution is 5.08. The standard InChI is InChI=1S/C12H19N3O/c13-12(7-2-8-12)11-14-10(16-15-11)6-5-9-3-1-4-9/h9H,1-8,13H2. The fourth-order valence-electron chi connectivity index (χ4n) is 2.45. The Morgan fingerprint density at radius 2 is 2.12 bits per heavy atom. The molecule has 0 amide bonds. The van der Waals surface area contributed by atoms with E-state index in [0.29, 0.717) is 0 Å². The van der Waals surface area contributed by atoms with Gasteiger partial charge in [-0.05, 0) is 31.6 Å². The van der Waals surface area contributed by atoms with Crippen LogP contribution in [0.5, 0.6) is 0 Å². The number of hydrogen-bond donors (Lipinski definition) is 1. The van der Waals surface area contributed by atoms with Gasteiger partial charge in [-0.3, -0.25) is 0 Å². The van der Waals surface area contributed by atoms with Crippen LogP contribution in [-0.2, 0) is 12.0 Å². The molecular formula is C12H19N3O. The van der Waals surface area contributed by atoms with E-state index < -0.39 is 0 Å². The monoisotopic (exact) mass is 221 g/mol. The van der Waals surface area contributed by atoms with Gasteiger partial charge in [-0.25, -0.2) is 0 Å². The second-order valence-corrected chi connectivity index (χ2v) is 5.36. The molecule has 0 atom stereocenters. The topological polar surface area (TPSA) is 64.9 Å². The van der Waals surface area contributed by atoms with Crippen LogP contribution in [0.3, 0.4) is 0 Å². The van der Waals surface area contributed by atoms with Gasteiger partial charge in [0.2, 0.25) is 5.89 Å². The molecule has 0 bridgehead atoms. The summed E-state index contributed by atoms with van der Waals surface area (Å²) in [5.41, 5.74) is 5.87. The normalized spacial score (nSPS) is 23.8. The zero-order valence-corrected chi connectivity index (χ0v) is 9.61. The minimum absolute atomic E-state index is 0.280. The zero-order valence-electron chi connectivity index (χ0n) is 9.61. The summed E-state index contributed by atoms with van der Waals surface area (Å²) in [6.45, 7) is 0. The second-order valence-electron chi connectivity index (χ2n) is 5.36. The molecule has 4 heteroatoms. The Morgan fingerprint density at radius 1 is 1.31 bits per heavy atom. The van der Waals surface area contributed by atoms with Crippen molar-refractivity contribution in [1.82, 2.24) is 10.1 Å². The molecular weight excluding hydrogens is 202 g/mol. The molecule has 2 N–H and O–H groups in total. The lowest BCUT2D eigenvalue weighted by molar-refractivity contribution is 0.228. The van der Waals surface area contributed by atoms with Crippen LogP contribution < -0.4 is 5.73 Å². The molecule has 0 saturated heterocycles. The van der Waals surface area contributed by atoms with E-state index in [9.17, 15) is 0 Å². The van der Waals surface area contributed by atoms with Gasteiger partial charge in [-0.2, -0.15) is 4.98 Å². The summed E-state index contributed by atoms with van der Waals surface area (Å²) in [6.07, 6.45) is 9.44. The van der Waals surface area contributed by atoms with Crippen molar-refractivity contribution >= 4 is 0 Å². The highest BCUT2D eigenvalue weighted by atomic mass is 16.5. The molecule has 2 saturated carbocycles. The molecule has 16 heavy (non-hydrogen) atoms. The van der Waals surface area contributed by atoms with Gasteiger partial charge in [0.15, 0.2) is 5.82 Å². The number of aromatic nitrogens is 2. The average Bonchev–Trinajstić information content (AvgIpc) is 2.61. The first-order valence-corrected chi connectivity index (χ1v) is 6.38. The predicted molar refractivity (Wildman–Crippen MR) is 59.7 cm³/mol. The van der Waals surface area contributed by atoms with Crippen LogP contribution in [0.15, 0.2) is 4.52 Å². The SMILES string of the molecule is NC1(c2noc(CCC3CCC3)n2)CCC1. The molecule has 1 heterocycles. The molecule has 0 aliphatic heterocycles. The number of rotatable bonds is 4. The number of aryl methyl sites for hydroxylation is 1. The van der Waals surface area contributed by atoms with Crippen molar-refractivity contribution in [3.8, 4) is 0 Å². The highest BCUT2D eigenvalue weighted by Gasteiger charge is 2.38. The summed E-state index contributed by atoms with van der Waals surface area (Å²) in [4.78, 5) is 4.43. The number of hydrogen-bond acceptors (Lipinski definition) is 4. The smallest absolute Gasteiger partial charge is 0.226 e. The highest BCUT2D eigenvalue weighted by Crippen LogP contribution is 2.37. The van der Waals surface area contributed by atoms with Gasteiger partial charge in [-0.1, -0.05) is 24.4 Å². The maximum Gasteiger partial charge on any atom is 0.226 e. The maximum absolute atomic E-state index is 6.15. The van der Waals surface area contributed by atoms with Crippen molar-refractivity contribution in [3.05, 3.63) is 11.7 Å². The lowest BCUT2D eigenvalue weighted by Crippen LogP contribution is -2.44. The Hall–Kier alpha value is -0.900. The van der Waals surface area contributed by atoms with Crippen LogP contribution in [0.4, 0.5) is 0 Å². The Bertz CT molecular complexity index is 366. The summed E-state index contributed by atoms with van der Waals surface area (Å²) < 4.78 is 5.26. The van der Waals surface area contributed by atoms with Crippen LogP contribution in [0.2, 0.25) is 0 Å². The number of nitrogens with zero attached hydrogens (tertiary/aromatic N) is 2. The first kappa shape index (κ1) is 10.3. The first-order chi connectivity index (χ1) is 7.76. The van der Waals surface area contributed by atoms with E-state index in [2.05, 4.69) is 10.1 Å². The van der Waals surface area contributed by atoms with Crippen molar-refractivity contribution in [2.75, 3.05) is 0 Å². The lowest BCUT2D eigenvalue weighted by Gasteiger charge is -2.34. The molecule has 0 unspecified atom stereocenters. The molecule has 2 aliphatic carbocycles. The summed E-state index contributed by atoms with van der Waals surface area (Å²) in [7, 11) is 0. The summed E-state index contributed by atoms with van der Waals surface area (Å²) in [6, 6.07) is 0. The fourth-order valence-corrected chi connectivity index (χ4v) is 2.45. The van der Waals surface area contributed by atoms with E-state index in [4.69, 9.17) is 10.3 Å². The molecule has 88 valence electrons. The van der Waals surface area contributed by atoms with E-state index in [1.54, 1.807) is 0 Å². The molecule has 1 aromatic heterocycles. The molecule has 2 fully saturated rings. The van der Waals surface area contributed by atoms with Gasteiger partial charge in [-0.15, -0.1) is 0 Å².